The number of anilines is 1. The summed E-state index contributed by atoms with van der Waals surface area (Å²) in [5.74, 6) is -0.180. The van der Waals surface area contributed by atoms with Crippen molar-refractivity contribution in [2.45, 2.75) is 25.3 Å². The Morgan fingerprint density at radius 2 is 1.96 bits per heavy atom. The average molecular weight is 354 g/mol. The normalized spacial score (nSPS) is 16.4. The molecule has 0 atom stereocenters. The van der Waals surface area contributed by atoms with Crippen molar-refractivity contribution in [1.82, 2.24) is 4.98 Å². The van der Waals surface area contributed by atoms with Gasteiger partial charge in [0.05, 0.1) is 5.69 Å². The maximum Gasteiger partial charge on any atom is 0.246 e. The summed E-state index contributed by atoms with van der Waals surface area (Å²) in [5.41, 5.74) is 8.42. The van der Waals surface area contributed by atoms with E-state index in [1.165, 1.54) is 16.9 Å². The first-order valence-corrected chi connectivity index (χ1v) is 8.15. The van der Waals surface area contributed by atoms with E-state index in [1.54, 1.807) is 0 Å². The fourth-order valence-corrected chi connectivity index (χ4v) is 3.09. The Bertz CT molecular complexity index is 666. The van der Waals surface area contributed by atoms with Gasteiger partial charge in [-0.25, -0.2) is 4.98 Å². The molecule has 3 N–H and O–H groups in total. The molecule has 1 fully saturated rings. The maximum absolute atomic E-state index is 12.4. The first kappa shape index (κ1) is 17.9. The van der Waals surface area contributed by atoms with Crippen LogP contribution < -0.4 is 11.1 Å². The van der Waals surface area contributed by atoms with E-state index in [0.717, 1.165) is 11.3 Å². The Labute approximate surface area is 145 Å². The van der Waals surface area contributed by atoms with Crippen LogP contribution in [0.1, 0.15) is 18.4 Å². The van der Waals surface area contributed by atoms with Crippen LogP contribution >= 0.6 is 23.7 Å². The van der Waals surface area contributed by atoms with Crippen LogP contribution in [-0.4, -0.2) is 29.6 Å². The van der Waals surface area contributed by atoms with E-state index in [0.29, 0.717) is 31.2 Å². The number of thiazole rings is 1. The van der Waals surface area contributed by atoms with Crippen molar-refractivity contribution in [3.05, 3.63) is 35.2 Å². The highest BCUT2D eigenvalue weighted by Gasteiger charge is 2.36. The molecule has 1 amide bonds. The Balaban J connectivity index is 0.00000192. The number of nitrogens with one attached hydrogen (secondary N) is 1. The van der Waals surface area contributed by atoms with Crippen LogP contribution in [0.4, 0.5) is 5.13 Å². The number of hydrogen-bond acceptors (Lipinski definition) is 5. The highest BCUT2D eigenvalue weighted by molar-refractivity contribution is 7.14. The summed E-state index contributed by atoms with van der Waals surface area (Å²) in [4.78, 5) is 16.8. The molecule has 0 spiro atoms. The molecule has 5 nitrogen and oxygen atoms in total. The van der Waals surface area contributed by atoms with Gasteiger partial charge in [-0.15, -0.1) is 23.7 Å². The standard InChI is InChI=1S/C16H19N3O2S.ClH/c1-11-2-4-12(5-3-11)13-10-22-15(18-13)19-14(20)16(17)6-8-21-9-7-16;/h2-5,10H,6-9,17H2,1H3,(H,18,19,20);1H. The largest absolute Gasteiger partial charge is 0.381 e. The SMILES string of the molecule is Cc1ccc(-c2csc(NC(=O)C3(N)CCOCC3)n2)cc1.Cl. The number of carbonyl (C=O) groups excluding carboxylic acids is 1. The lowest BCUT2D eigenvalue weighted by Gasteiger charge is -2.31. The molecular formula is C16H20ClN3O2S. The average Bonchev–Trinajstić information content (AvgIpc) is 2.97. The predicted octanol–water partition coefficient (Wildman–Crippen LogP) is 2.99. The van der Waals surface area contributed by atoms with Crippen LogP contribution in [-0.2, 0) is 9.53 Å². The molecule has 3 rings (SSSR count). The van der Waals surface area contributed by atoms with Gasteiger partial charge >= 0.3 is 0 Å². The number of halogens is 1. The lowest BCUT2D eigenvalue weighted by molar-refractivity contribution is -0.124. The third-order valence-corrected chi connectivity index (χ3v) is 4.67. The van der Waals surface area contributed by atoms with Gasteiger partial charge in [-0.2, -0.15) is 0 Å². The number of carbonyl (C=O) groups is 1. The first-order chi connectivity index (χ1) is 10.6. The van der Waals surface area contributed by atoms with E-state index in [-0.39, 0.29) is 18.3 Å². The number of rotatable bonds is 3. The van der Waals surface area contributed by atoms with Crippen LogP contribution in [0.3, 0.4) is 0 Å². The minimum atomic E-state index is -0.853. The number of benzene rings is 1. The van der Waals surface area contributed by atoms with Gasteiger partial charge in [0.2, 0.25) is 5.91 Å². The second-order valence-electron chi connectivity index (χ2n) is 5.63. The van der Waals surface area contributed by atoms with Crippen molar-refractivity contribution in [1.29, 1.82) is 0 Å². The van der Waals surface area contributed by atoms with E-state index < -0.39 is 5.54 Å². The molecule has 1 aliphatic heterocycles. The maximum atomic E-state index is 12.4. The quantitative estimate of drug-likeness (QED) is 0.889. The second kappa shape index (κ2) is 7.40. The number of amides is 1. The summed E-state index contributed by atoms with van der Waals surface area (Å²) in [6.45, 7) is 3.10. The summed E-state index contributed by atoms with van der Waals surface area (Å²) in [6.07, 6.45) is 1.07. The summed E-state index contributed by atoms with van der Waals surface area (Å²) in [5, 5.41) is 5.36. The first-order valence-electron chi connectivity index (χ1n) is 7.27. The third kappa shape index (κ3) is 4.09. The molecule has 7 heteroatoms. The molecule has 0 radical (unpaired) electrons. The fourth-order valence-electron chi connectivity index (χ4n) is 2.37. The Hall–Kier alpha value is -1.47. The summed E-state index contributed by atoms with van der Waals surface area (Å²) < 4.78 is 5.26. The van der Waals surface area contributed by atoms with Gasteiger partial charge in [0.1, 0.15) is 5.54 Å². The van der Waals surface area contributed by atoms with Crippen molar-refractivity contribution in [2.75, 3.05) is 18.5 Å². The molecule has 124 valence electrons. The molecular weight excluding hydrogens is 334 g/mol. The molecule has 1 aromatic carbocycles. The molecule has 0 unspecified atom stereocenters. The second-order valence-corrected chi connectivity index (χ2v) is 6.48. The molecule has 1 aromatic heterocycles. The Kier molecular flexibility index (Phi) is 5.75. The summed E-state index contributed by atoms with van der Waals surface area (Å²) >= 11 is 1.41. The number of aryl methyl sites for hydroxylation is 1. The zero-order valence-corrected chi connectivity index (χ0v) is 14.5. The monoisotopic (exact) mass is 353 g/mol. The number of nitrogens with two attached hydrogens (primary N) is 1. The highest BCUT2D eigenvalue weighted by atomic mass is 35.5. The topological polar surface area (TPSA) is 77.2 Å². The van der Waals surface area contributed by atoms with Gasteiger partial charge in [-0.1, -0.05) is 29.8 Å². The fraction of sp³-hybridized carbons (Fsp3) is 0.375. The van der Waals surface area contributed by atoms with Gasteiger partial charge in [0.25, 0.3) is 0 Å². The lowest BCUT2D eigenvalue weighted by Crippen LogP contribution is -2.54. The summed E-state index contributed by atoms with van der Waals surface area (Å²) in [6, 6.07) is 8.14. The van der Waals surface area contributed by atoms with Crippen LogP contribution in [0.25, 0.3) is 11.3 Å². The predicted molar refractivity (Wildman–Crippen MR) is 95.1 cm³/mol. The molecule has 1 aliphatic rings. The minimum absolute atomic E-state index is 0. The highest BCUT2D eigenvalue weighted by Crippen LogP contribution is 2.26. The number of aromatic nitrogens is 1. The molecule has 23 heavy (non-hydrogen) atoms. The van der Waals surface area contributed by atoms with Crippen LogP contribution in [0.2, 0.25) is 0 Å². The summed E-state index contributed by atoms with van der Waals surface area (Å²) in [7, 11) is 0. The molecule has 1 saturated heterocycles. The minimum Gasteiger partial charge on any atom is -0.381 e. The van der Waals surface area contributed by atoms with Crippen molar-refractivity contribution in [3.8, 4) is 11.3 Å². The van der Waals surface area contributed by atoms with E-state index in [1.807, 2.05) is 36.6 Å². The zero-order chi connectivity index (χ0) is 15.6. The van der Waals surface area contributed by atoms with Gasteiger partial charge < -0.3 is 15.8 Å². The lowest BCUT2D eigenvalue weighted by atomic mass is 9.90. The number of nitrogens with zero attached hydrogens (tertiary/aromatic N) is 1. The van der Waals surface area contributed by atoms with E-state index in [2.05, 4.69) is 10.3 Å². The van der Waals surface area contributed by atoms with Crippen LogP contribution in [0, 0.1) is 6.92 Å². The van der Waals surface area contributed by atoms with Gasteiger partial charge in [0.15, 0.2) is 5.13 Å². The molecule has 0 bridgehead atoms. The Morgan fingerprint density at radius 3 is 2.61 bits per heavy atom. The number of hydrogen-bond donors (Lipinski definition) is 2. The smallest absolute Gasteiger partial charge is 0.246 e. The zero-order valence-electron chi connectivity index (χ0n) is 12.9. The van der Waals surface area contributed by atoms with E-state index >= 15 is 0 Å². The van der Waals surface area contributed by atoms with Crippen molar-refractivity contribution < 1.29 is 9.53 Å². The van der Waals surface area contributed by atoms with Crippen LogP contribution in [0.15, 0.2) is 29.6 Å². The van der Waals surface area contributed by atoms with E-state index in [9.17, 15) is 4.79 Å². The molecule has 2 aromatic rings. The van der Waals surface area contributed by atoms with Gasteiger partial charge in [-0.3, -0.25) is 4.79 Å². The van der Waals surface area contributed by atoms with Crippen molar-refractivity contribution >= 4 is 34.8 Å². The van der Waals surface area contributed by atoms with E-state index in [4.69, 9.17) is 10.5 Å². The van der Waals surface area contributed by atoms with Crippen LogP contribution in [0.5, 0.6) is 0 Å². The Morgan fingerprint density at radius 1 is 1.30 bits per heavy atom. The van der Waals surface area contributed by atoms with Crippen molar-refractivity contribution in [2.24, 2.45) is 5.73 Å². The molecule has 2 heterocycles. The third-order valence-electron chi connectivity index (χ3n) is 3.91. The molecule has 0 aliphatic carbocycles. The molecule has 0 saturated carbocycles. The van der Waals surface area contributed by atoms with Gasteiger partial charge in [-0.05, 0) is 19.8 Å². The van der Waals surface area contributed by atoms with Gasteiger partial charge in [0, 0.05) is 24.2 Å². The van der Waals surface area contributed by atoms with Crippen molar-refractivity contribution in [3.63, 3.8) is 0 Å². The number of ether oxygens (including phenoxy) is 1.